The van der Waals surface area contributed by atoms with Gasteiger partial charge in [-0.05, 0) is 40.9 Å². The molecule has 1 aliphatic heterocycles. The number of carbonyl (C=O) groups excluding carboxylic acids is 1. The summed E-state index contributed by atoms with van der Waals surface area (Å²) in [5, 5.41) is 3.24. The SMILES string of the molecule is CC1NCCC(C)N(CCN(C)C)C1=O. The van der Waals surface area contributed by atoms with Gasteiger partial charge in [-0.15, -0.1) is 0 Å². The van der Waals surface area contributed by atoms with Crippen molar-refractivity contribution in [3.05, 3.63) is 0 Å². The van der Waals surface area contributed by atoms with E-state index in [1.54, 1.807) is 0 Å². The summed E-state index contributed by atoms with van der Waals surface area (Å²) in [5.41, 5.74) is 0. The third-order valence-corrected chi connectivity index (χ3v) is 2.99. The smallest absolute Gasteiger partial charge is 0.239 e. The summed E-state index contributed by atoms with van der Waals surface area (Å²) in [4.78, 5) is 16.1. The molecule has 1 rings (SSSR count). The Balaban J connectivity index is 2.59. The zero-order valence-electron chi connectivity index (χ0n) is 10.3. The van der Waals surface area contributed by atoms with Crippen LogP contribution < -0.4 is 5.32 Å². The van der Waals surface area contributed by atoms with Crippen molar-refractivity contribution in [3.63, 3.8) is 0 Å². The highest BCUT2D eigenvalue weighted by molar-refractivity contribution is 5.82. The van der Waals surface area contributed by atoms with Crippen molar-refractivity contribution < 1.29 is 4.79 Å². The fourth-order valence-corrected chi connectivity index (χ4v) is 1.86. The molecule has 4 nitrogen and oxygen atoms in total. The molecule has 88 valence electrons. The molecule has 0 saturated carbocycles. The number of nitrogens with zero attached hydrogens (tertiary/aromatic N) is 2. The number of hydrogen-bond donors (Lipinski definition) is 1. The van der Waals surface area contributed by atoms with Gasteiger partial charge in [0, 0.05) is 19.1 Å². The topological polar surface area (TPSA) is 35.6 Å². The Morgan fingerprint density at radius 2 is 2.13 bits per heavy atom. The van der Waals surface area contributed by atoms with Gasteiger partial charge in [-0.25, -0.2) is 0 Å². The van der Waals surface area contributed by atoms with Crippen molar-refractivity contribution in [2.24, 2.45) is 0 Å². The van der Waals surface area contributed by atoms with Crippen LogP contribution in [0.1, 0.15) is 20.3 Å². The molecule has 1 aliphatic rings. The van der Waals surface area contributed by atoms with E-state index >= 15 is 0 Å². The molecule has 15 heavy (non-hydrogen) atoms. The van der Waals surface area contributed by atoms with E-state index in [4.69, 9.17) is 0 Å². The third-order valence-electron chi connectivity index (χ3n) is 2.99. The normalized spacial score (nSPS) is 28.3. The Morgan fingerprint density at radius 1 is 1.47 bits per heavy atom. The molecule has 2 atom stereocenters. The van der Waals surface area contributed by atoms with Gasteiger partial charge in [-0.3, -0.25) is 4.79 Å². The molecular weight excluding hydrogens is 190 g/mol. The Labute approximate surface area is 92.6 Å². The molecule has 0 aliphatic carbocycles. The van der Waals surface area contributed by atoms with Crippen LogP contribution in [0.15, 0.2) is 0 Å². The second kappa shape index (κ2) is 5.47. The van der Waals surface area contributed by atoms with Gasteiger partial charge in [0.1, 0.15) is 0 Å². The van der Waals surface area contributed by atoms with E-state index in [0.29, 0.717) is 6.04 Å². The van der Waals surface area contributed by atoms with Crippen LogP contribution in [0.5, 0.6) is 0 Å². The molecule has 0 aromatic carbocycles. The second-order valence-electron chi connectivity index (χ2n) is 4.65. The van der Waals surface area contributed by atoms with E-state index in [9.17, 15) is 4.79 Å². The third kappa shape index (κ3) is 3.47. The number of carbonyl (C=O) groups is 1. The van der Waals surface area contributed by atoms with Crippen LogP contribution in [0.25, 0.3) is 0 Å². The summed E-state index contributed by atoms with van der Waals surface area (Å²) in [6, 6.07) is 0.326. The first-order valence-electron chi connectivity index (χ1n) is 5.71. The molecule has 0 aromatic rings. The van der Waals surface area contributed by atoms with Gasteiger partial charge < -0.3 is 15.1 Å². The van der Waals surface area contributed by atoms with Crippen molar-refractivity contribution in [2.75, 3.05) is 33.7 Å². The Morgan fingerprint density at radius 3 is 2.73 bits per heavy atom. The largest absolute Gasteiger partial charge is 0.337 e. The highest BCUT2D eigenvalue weighted by Gasteiger charge is 2.27. The molecule has 1 amide bonds. The summed E-state index contributed by atoms with van der Waals surface area (Å²) in [5.74, 6) is 0.238. The lowest BCUT2D eigenvalue weighted by Gasteiger charge is -2.29. The minimum absolute atomic E-state index is 0.0305. The van der Waals surface area contributed by atoms with E-state index in [-0.39, 0.29) is 11.9 Å². The van der Waals surface area contributed by atoms with Crippen LogP contribution in [0, 0.1) is 0 Å². The zero-order valence-corrected chi connectivity index (χ0v) is 10.3. The van der Waals surface area contributed by atoms with E-state index in [1.165, 1.54) is 0 Å². The average Bonchev–Trinajstić information content (AvgIpc) is 2.26. The number of rotatable bonds is 3. The van der Waals surface area contributed by atoms with Gasteiger partial charge in [0.2, 0.25) is 5.91 Å². The van der Waals surface area contributed by atoms with Crippen LogP contribution >= 0.6 is 0 Å². The van der Waals surface area contributed by atoms with Gasteiger partial charge in [0.25, 0.3) is 0 Å². The lowest BCUT2D eigenvalue weighted by molar-refractivity contribution is -0.134. The molecule has 1 N–H and O–H groups in total. The quantitative estimate of drug-likeness (QED) is 0.725. The average molecular weight is 213 g/mol. The fourth-order valence-electron chi connectivity index (χ4n) is 1.86. The lowest BCUT2D eigenvalue weighted by Crippen LogP contribution is -2.46. The van der Waals surface area contributed by atoms with Crippen LogP contribution in [0.4, 0.5) is 0 Å². The molecule has 0 bridgehead atoms. The van der Waals surface area contributed by atoms with Gasteiger partial charge >= 0.3 is 0 Å². The molecule has 2 unspecified atom stereocenters. The van der Waals surface area contributed by atoms with E-state index in [2.05, 4.69) is 17.1 Å². The summed E-state index contributed by atoms with van der Waals surface area (Å²) in [7, 11) is 4.07. The van der Waals surface area contributed by atoms with Crippen molar-refractivity contribution in [2.45, 2.75) is 32.4 Å². The summed E-state index contributed by atoms with van der Waals surface area (Å²) in [6.45, 7) is 6.78. The molecule has 1 saturated heterocycles. The molecule has 0 aromatic heterocycles. The minimum atomic E-state index is -0.0305. The van der Waals surface area contributed by atoms with Gasteiger partial charge in [0.05, 0.1) is 6.04 Å². The highest BCUT2D eigenvalue weighted by atomic mass is 16.2. The second-order valence-corrected chi connectivity index (χ2v) is 4.65. The number of nitrogens with one attached hydrogen (secondary N) is 1. The number of hydrogen-bond acceptors (Lipinski definition) is 3. The molecule has 0 radical (unpaired) electrons. The van der Waals surface area contributed by atoms with Gasteiger partial charge in [0.15, 0.2) is 0 Å². The van der Waals surface area contributed by atoms with Crippen LogP contribution in [-0.4, -0.2) is 61.5 Å². The molecule has 1 heterocycles. The Kier molecular flexibility index (Phi) is 4.54. The number of likely N-dealkylation sites (N-methyl/N-ethyl adjacent to an activating group) is 1. The monoisotopic (exact) mass is 213 g/mol. The van der Waals surface area contributed by atoms with E-state index in [1.807, 2.05) is 25.9 Å². The van der Waals surface area contributed by atoms with Crippen molar-refractivity contribution in [1.82, 2.24) is 15.1 Å². The van der Waals surface area contributed by atoms with Gasteiger partial charge in [-0.2, -0.15) is 0 Å². The van der Waals surface area contributed by atoms with E-state index < -0.39 is 0 Å². The molecule has 0 spiro atoms. The van der Waals surface area contributed by atoms with Crippen molar-refractivity contribution in [1.29, 1.82) is 0 Å². The summed E-state index contributed by atoms with van der Waals surface area (Å²) < 4.78 is 0. The Bertz CT molecular complexity index is 218. The number of amides is 1. The maximum Gasteiger partial charge on any atom is 0.239 e. The van der Waals surface area contributed by atoms with Gasteiger partial charge in [-0.1, -0.05) is 0 Å². The van der Waals surface area contributed by atoms with Crippen LogP contribution in [0.3, 0.4) is 0 Å². The van der Waals surface area contributed by atoms with E-state index in [0.717, 1.165) is 26.1 Å². The molecular formula is C11H23N3O. The lowest BCUT2D eigenvalue weighted by atomic mass is 10.2. The first-order valence-corrected chi connectivity index (χ1v) is 5.71. The predicted molar refractivity (Wildman–Crippen MR) is 61.8 cm³/mol. The van der Waals surface area contributed by atoms with Crippen LogP contribution in [0.2, 0.25) is 0 Å². The summed E-state index contributed by atoms with van der Waals surface area (Å²) >= 11 is 0. The van der Waals surface area contributed by atoms with Crippen molar-refractivity contribution in [3.8, 4) is 0 Å². The maximum absolute atomic E-state index is 12.0. The minimum Gasteiger partial charge on any atom is -0.337 e. The van der Waals surface area contributed by atoms with Crippen LogP contribution in [-0.2, 0) is 4.79 Å². The van der Waals surface area contributed by atoms with Crippen molar-refractivity contribution >= 4 is 5.91 Å². The standard InChI is InChI=1S/C11H23N3O/c1-9-5-6-12-10(2)11(15)14(9)8-7-13(3)4/h9-10,12H,5-8H2,1-4H3. The molecule has 4 heteroatoms. The predicted octanol–water partition coefficient (Wildman–Crippen LogP) is 0.147. The zero-order chi connectivity index (χ0) is 11.4. The first-order chi connectivity index (χ1) is 7.02. The maximum atomic E-state index is 12.0. The first kappa shape index (κ1) is 12.5. The molecule has 1 fully saturated rings. The fraction of sp³-hybridized carbons (Fsp3) is 0.909. The Hall–Kier alpha value is -0.610. The highest BCUT2D eigenvalue weighted by Crippen LogP contribution is 2.09. The summed E-state index contributed by atoms with van der Waals surface area (Å²) in [6.07, 6.45) is 1.05.